The van der Waals surface area contributed by atoms with Crippen LogP contribution in [0.4, 0.5) is 4.39 Å². The largest absolute Gasteiger partial charge is 0.493 e. The van der Waals surface area contributed by atoms with Crippen molar-refractivity contribution in [2.75, 3.05) is 34.4 Å². The van der Waals surface area contributed by atoms with Crippen LogP contribution in [-0.2, 0) is 16.1 Å². The number of hydrogen-bond donors (Lipinski definition) is 1. The van der Waals surface area contributed by atoms with Crippen LogP contribution in [-0.4, -0.2) is 61.1 Å². The van der Waals surface area contributed by atoms with Crippen LogP contribution in [0.15, 0.2) is 48.2 Å². The SMILES string of the molecule is COc1ccc(C2=C(N(C)CCO)C(=O)N(Cc3ccccc3F)C2=O)cc1OC. The summed E-state index contributed by atoms with van der Waals surface area (Å²) in [5.41, 5.74) is 0.990. The van der Waals surface area contributed by atoms with Crippen LogP contribution in [0.1, 0.15) is 11.1 Å². The fraction of sp³-hybridized carbons (Fsp3) is 0.273. The van der Waals surface area contributed by atoms with Gasteiger partial charge in [-0.05, 0) is 23.8 Å². The molecule has 0 radical (unpaired) electrons. The van der Waals surface area contributed by atoms with E-state index < -0.39 is 17.6 Å². The first-order valence-electron chi connectivity index (χ1n) is 9.31. The molecule has 30 heavy (non-hydrogen) atoms. The number of imide groups is 1. The Kier molecular flexibility index (Phi) is 6.37. The van der Waals surface area contributed by atoms with Gasteiger partial charge in [-0.15, -0.1) is 0 Å². The molecule has 0 unspecified atom stereocenters. The minimum absolute atomic E-state index is 0.137. The van der Waals surface area contributed by atoms with Crippen LogP contribution >= 0.6 is 0 Å². The number of aliphatic hydroxyl groups is 1. The van der Waals surface area contributed by atoms with Crippen molar-refractivity contribution in [2.24, 2.45) is 0 Å². The number of rotatable bonds is 8. The molecule has 1 aliphatic heterocycles. The summed E-state index contributed by atoms with van der Waals surface area (Å²) < 4.78 is 24.7. The standard InChI is InChI=1S/C22H23FN2O5/c1-24(10-11-26)20-19(14-8-9-17(29-2)18(12-14)30-3)21(27)25(22(20)28)13-15-6-4-5-7-16(15)23/h4-9,12,26H,10-11,13H2,1-3H3. The number of amides is 2. The van der Waals surface area contributed by atoms with Crippen LogP contribution in [0.5, 0.6) is 11.5 Å². The van der Waals surface area contributed by atoms with Gasteiger partial charge in [0.1, 0.15) is 11.5 Å². The van der Waals surface area contributed by atoms with E-state index in [1.54, 1.807) is 37.4 Å². The Morgan fingerprint density at radius 3 is 2.37 bits per heavy atom. The third-order valence-electron chi connectivity index (χ3n) is 4.92. The molecule has 0 atom stereocenters. The summed E-state index contributed by atoms with van der Waals surface area (Å²) in [6.07, 6.45) is 0. The fourth-order valence-electron chi connectivity index (χ4n) is 3.37. The average Bonchev–Trinajstić information content (AvgIpc) is 2.99. The van der Waals surface area contributed by atoms with Crippen molar-refractivity contribution >= 4 is 17.4 Å². The van der Waals surface area contributed by atoms with Gasteiger partial charge in [0.15, 0.2) is 11.5 Å². The molecule has 2 aromatic carbocycles. The Labute approximate surface area is 173 Å². The molecule has 1 N–H and O–H groups in total. The van der Waals surface area contributed by atoms with Crippen LogP contribution < -0.4 is 9.47 Å². The van der Waals surface area contributed by atoms with E-state index in [9.17, 15) is 19.1 Å². The van der Waals surface area contributed by atoms with Gasteiger partial charge < -0.3 is 19.5 Å². The number of ether oxygens (including phenoxy) is 2. The summed E-state index contributed by atoms with van der Waals surface area (Å²) >= 11 is 0. The van der Waals surface area contributed by atoms with Crippen LogP contribution in [0.2, 0.25) is 0 Å². The lowest BCUT2D eigenvalue weighted by atomic mass is 10.0. The molecule has 2 aromatic rings. The van der Waals surface area contributed by atoms with Crippen LogP contribution in [0.3, 0.4) is 0 Å². The lowest BCUT2D eigenvalue weighted by Crippen LogP contribution is -2.34. The molecule has 1 heterocycles. The molecular weight excluding hydrogens is 391 g/mol. The highest BCUT2D eigenvalue weighted by molar-refractivity contribution is 6.35. The monoisotopic (exact) mass is 414 g/mol. The van der Waals surface area contributed by atoms with Crippen molar-refractivity contribution in [3.05, 3.63) is 65.1 Å². The van der Waals surface area contributed by atoms with Crippen molar-refractivity contribution in [3.8, 4) is 11.5 Å². The zero-order chi connectivity index (χ0) is 21.8. The summed E-state index contributed by atoms with van der Waals surface area (Å²) in [5.74, 6) is -0.714. The summed E-state index contributed by atoms with van der Waals surface area (Å²) in [6, 6.07) is 10.9. The maximum absolute atomic E-state index is 14.1. The van der Waals surface area contributed by atoms with E-state index >= 15 is 0 Å². The van der Waals surface area contributed by atoms with Gasteiger partial charge in [0.25, 0.3) is 11.8 Å². The second-order valence-electron chi connectivity index (χ2n) is 6.73. The van der Waals surface area contributed by atoms with Gasteiger partial charge in [0.2, 0.25) is 0 Å². The normalized spacial score (nSPS) is 13.8. The van der Waals surface area contributed by atoms with E-state index in [0.29, 0.717) is 17.1 Å². The minimum Gasteiger partial charge on any atom is -0.493 e. The Morgan fingerprint density at radius 2 is 1.73 bits per heavy atom. The van der Waals surface area contributed by atoms with E-state index in [4.69, 9.17) is 9.47 Å². The molecule has 0 aromatic heterocycles. The Balaban J connectivity index is 2.08. The van der Waals surface area contributed by atoms with Crippen LogP contribution in [0.25, 0.3) is 5.57 Å². The smallest absolute Gasteiger partial charge is 0.278 e. The molecule has 0 fully saturated rings. The van der Waals surface area contributed by atoms with E-state index in [2.05, 4.69) is 0 Å². The van der Waals surface area contributed by atoms with Crippen molar-refractivity contribution in [3.63, 3.8) is 0 Å². The molecule has 158 valence electrons. The van der Waals surface area contributed by atoms with Gasteiger partial charge in [0, 0.05) is 19.2 Å². The molecule has 0 saturated carbocycles. The summed E-state index contributed by atoms with van der Waals surface area (Å²) in [7, 11) is 4.59. The molecule has 7 nitrogen and oxygen atoms in total. The van der Waals surface area contributed by atoms with Gasteiger partial charge in [0.05, 0.1) is 32.9 Å². The highest BCUT2D eigenvalue weighted by Crippen LogP contribution is 2.36. The Morgan fingerprint density at radius 1 is 1.03 bits per heavy atom. The zero-order valence-corrected chi connectivity index (χ0v) is 17.0. The third-order valence-corrected chi connectivity index (χ3v) is 4.92. The molecule has 0 aliphatic carbocycles. The van der Waals surface area contributed by atoms with E-state index in [1.807, 2.05) is 0 Å². The maximum Gasteiger partial charge on any atom is 0.278 e. The second-order valence-corrected chi connectivity index (χ2v) is 6.73. The number of halogens is 1. The van der Waals surface area contributed by atoms with E-state index in [1.165, 1.54) is 31.3 Å². The zero-order valence-electron chi connectivity index (χ0n) is 17.0. The highest BCUT2D eigenvalue weighted by atomic mass is 19.1. The van der Waals surface area contributed by atoms with E-state index in [-0.39, 0.29) is 36.5 Å². The van der Waals surface area contributed by atoms with Gasteiger partial charge in [-0.3, -0.25) is 14.5 Å². The van der Waals surface area contributed by atoms with Crippen molar-refractivity contribution in [1.29, 1.82) is 0 Å². The van der Waals surface area contributed by atoms with Crippen LogP contribution in [0, 0.1) is 5.82 Å². The number of aliphatic hydroxyl groups excluding tert-OH is 1. The van der Waals surface area contributed by atoms with Crippen molar-refractivity contribution in [1.82, 2.24) is 9.80 Å². The van der Waals surface area contributed by atoms with Crippen molar-refractivity contribution < 1.29 is 28.6 Å². The molecule has 0 spiro atoms. The Bertz CT molecular complexity index is 1000. The number of methoxy groups -OCH3 is 2. The summed E-state index contributed by atoms with van der Waals surface area (Å²) in [4.78, 5) is 29.0. The topological polar surface area (TPSA) is 79.3 Å². The lowest BCUT2D eigenvalue weighted by Gasteiger charge is -2.20. The van der Waals surface area contributed by atoms with Gasteiger partial charge in [-0.2, -0.15) is 0 Å². The Hall–Kier alpha value is -3.39. The summed E-state index contributed by atoms with van der Waals surface area (Å²) in [5, 5.41) is 9.33. The average molecular weight is 414 g/mol. The molecule has 0 bridgehead atoms. The first kappa shape index (κ1) is 21.3. The number of likely N-dealkylation sites (N-methyl/N-ethyl adjacent to an activating group) is 1. The van der Waals surface area contributed by atoms with Gasteiger partial charge in [-0.25, -0.2) is 4.39 Å². The fourth-order valence-corrected chi connectivity index (χ4v) is 3.37. The number of hydrogen-bond acceptors (Lipinski definition) is 6. The van der Waals surface area contributed by atoms with Gasteiger partial charge >= 0.3 is 0 Å². The minimum atomic E-state index is -0.552. The van der Waals surface area contributed by atoms with E-state index in [0.717, 1.165) is 4.90 Å². The number of nitrogens with zero attached hydrogens (tertiary/aromatic N) is 2. The first-order valence-corrected chi connectivity index (χ1v) is 9.31. The lowest BCUT2D eigenvalue weighted by molar-refractivity contribution is -0.138. The molecular formula is C22H23FN2O5. The highest BCUT2D eigenvalue weighted by Gasteiger charge is 2.41. The first-order chi connectivity index (χ1) is 14.4. The number of carbonyl (C=O) groups is 2. The van der Waals surface area contributed by atoms with Gasteiger partial charge in [-0.1, -0.05) is 24.3 Å². The quantitative estimate of drug-likeness (QED) is 0.666. The molecule has 1 aliphatic rings. The summed E-state index contributed by atoms with van der Waals surface area (Å²) in [6.45, 7) is -0.246. The predicted molar refractivity (Wildman–Crippen MR) is 108 cm³/mol. The third kappa shape index (κ3) is 3.86. The van der Waals surface area contributed by atoms with Crippen molar-refractivity contribution in [2.45, 2.75) is 6.54 Å². The molecule has 3 rings (SSSR count). The molecule has 8 heteroatoms. The molecule has 0 saturated heterocycles. The number of carbonyl (C=O) groups excluding carboxylic acids is 2. The molecule has 2 amide bonds. The maximum atomic E-state index is 14.1. The second kappa shape index (κ2) is 8.96. The number of benzene rings is 2. The predicted octanol–water partition coefficient (Wildman–Crippen LogP) is 2.05.